The Labute approximate surface area is 136 Å². The highest BCUT2D eigenvalue weighted by atomic mass is 16.5. The van der Waals surface area contributed by atoms with E-state index in [4.69, 9.17) is 14.5 Å². The van der Waals surface area contributed by atoms with Crippen LogP contribution in [0, 0.1) is 13.8 Å². The van der Waals surface area contributed by atoms with Gasteiger partial charge in [0.2, 0.25) is 0 Å². The smallest absolute Gasteiger partial charge is 0.154 e. The summed E-state index contributed by atoms with van der Waals surface area (Å²) in [5.41, 5.74) is 4.11. The van der Waals surface area contributed by atoms with Crippen molar-refractivity contribution in [2.45, 2.75) is 27.4 Å². The largest absolute Gasteiger partial charge is 0.455 e. The third kappa shape index (κ3) is 3.20. The van der Waals surface area contributed by atoms with Gasteiger partial charge in [0.25, 0.3) is 0 Å². The molecule has 3 heteroatoms. The van der Waals surface area contributed by atoms with Crippen molar-refractivity contribution < 1.29 is 9.47 Å². The third-order valence-corrected chi connectivity index (χ3v) is 3.86. The van der Waals surface area contributed by atoms with Gasteiger partial charge in [-0.15, -0.1) is 0 Å². The van der Waals surface area contributed by atoms with E-state index in [1.807, 2.05) is 56.3 Å². The normalized spacial score (nSPS) is 10.9. The fourth-order valence-electron chi connectivity index (χ4n) is 2.79. The number of ether oxygens (including phenoxy) is 2. The highest BCUT2D eigenvalue weighted by Crippen LogP contribution is 2.35. The summed E-state index contributed by atoms with van der Waals surface area (Å²) in [5.74, 6) is 1.61. The number of aromatic nitrogens is 1. The summed E-state index contributed by atoms with van der Waals surface area (Å²) in [6.07, 6.45) is 0. The van der Waals surface area contributed by atoms with Crippen molar-refractivity contribution in [3.05, 3.63) is 65.4 Å². The van der Waals surface area contributed by atoms with Gasteiger partial charge in [-0.3, -0.25) is 0 Å². The van der Waals surface area contributed by atoms with Gasteiger partial charge in [0, 0.05) is 17.6 Å². The van der Waals surface area contributed by atoms with Crippen molar-refractivity contribution in [1.82, 2.24) is 4.98 Å². The Hall–Kier alpha value is -2.39. The summed E-state index contributed by atoms with van der Waals surface area (Å²) in [5, 5.41) is 1.12. The summed E-state index contributed by atoms with van der Waals surface area (Å²) >= 11 is 0. The molecule has 0 aliphatic heterocycles. The second-order valence-corrected chi connectivity index (χ2v) is 5.53. The molecule has 0 unspecified atom stereocenters. The quantitative estimate of drug-likeness (QED) is 0.651. The second-order valence-electron chi connectivity index (χ2n) is 5.53. The first-order chi connectivity index (χ1) is 11.2. The highest BCUT2D eigenvalue weighted by molar-refractivity contribution is 5.88. The zero-order valence-corrected chi connectivity index (χ0v) is 13.8. The minimum atomic E-state index is 0.517. The number of hydrogen-bond donors (Lipinski definition) is 0. The number of pyridine rings is 1. The Morgan fingerprint density at radius 2 is 1.74 bits per heavy atom. The van der Waals surface area contributed by atoms with Crippen LogP contribution in [0.2, 0.25) is 0 Å². The van der Waals surface area contributed by atoms with Crippen LogP contribution in [0.25, 0.3) is 10.9 Å². The van der Waals surface area contributed by atoms with Crippen LogP contribution >= 0.6 is 0 Å². The van der Waals surface area contributed by atoms with E-state index >= 15 is 0 Å². The van der Waals surface area contributed by atoms with Crippen molar-refractivity contribution >= 4 is 10.9 Å². The molecule has 1 heterocycles. The first kappa shape index (κ1) is 15.5. The Balaban J connectivity index is 2.18. The molecule has 3 rings (SSSR count). The lowest BCUT2D eigenvalue weighted by atomic mass is 10.0. The lowest BCUT2D eigenvalue weighted by Crippen LogP contribution is -2.02. The first-order valence-electron chi connectivity index (χ1n) is 7.90. The molecular weight excluding hydrogens is 286 g/mol. The topological polar surface area (TPSA) is 31.4 Å². The van der Waals surface area contributed by atoms with Crippen LogP contribution in [0.5, 0.6) is 11.5 Å². The molecular formula is C20H21NO2. The number of benzene rings is 2. The lowest BCUT2D eigenvalue weighted by molar-refractivity contribution is 0.133. The van der Waals surface area contributed by atoms with E-state index in [2.05, 4.69) is 13.0 Å². The molecule has 0 bridgehead atoms. The van der Waals surface area contributed by atoms with Crippen LogP contribution in [0.1, 0.15) is 23.7 Å². The van der Waals surface area contributed by atoms with E-state index in [0.29, 0.717) is 13.2 Å². The molecule has 1 aromatic heterocycles. The second kappa shape index (κ2) is 6.80. The molecule has 23 heavy (non-hydrogen) atoms. The maximum Gasteiger partial charge on any atom is 0.154 e. The third-order valence-electron chi connectivity index (χ3n) is 3.86. The Kier molecular flexibility index (Phi) is 4.58. The molecule has 2 aromatic carbocycles. The van der Waals surface area contributed by atoms with Crippen LogP contribution in [0.4, 0.5) is 0 Å². The van der Waals surface area contributed by atoms with Gasteiger partial charge in [-0.25, -0.2) is 4.98 Å². The SMILES string of the molecule is CCOCc1c(Oc2ccccc2)c(C)nc2cccc(C)c12. The molecule has 3 nitrogen and oxygen atoms in total. The fraction of sp³-hybridized carbons (Fsp3) is 0.250. The molecule has 0 saturated carbocycles. The van der Waals surface area contributed by atoms with Crippen LogP contribution < -0.4 is 4.74 Å². The maximum absolute atomic E-state index is 6.16. The number of nitrogens with zero attached hydrogens (tertiary/aromatic N) is 1. The molecule has 0 radical (unpaired) electrons. The Bertz CT molecular complexity index is 813. The number of para-hydroxylation sites is 1. The van der Waals surface area contributed by atoms with Crippen LogP contribution in [-0.4, -0.2) is 11.6 Å². The fourth-order valence-corrected chi connectivity index (χ4v) is 2.79. The van der Waals surface area contributed by atoms with E-state index in [-0.39, 0.29) is 0 Å². The molecule has 0 aliphatic rings. The van der Waals surface area contributed by atoms with Gasteiger partial charge in [-0.05, 0) is 44.5 Å². The number of rotatable bonds is 5. The zero-order valence-electron chi connectivity index (χ0n) is 13.8. The molecule has 0 spiro atoms. The summed E-state index contributed by atoms with van der Waals surface area (Å²) < 4.78 is 11.9. The molecule has 0 amide bonds. The van der Waals surface area contributed by atoms with Gasteiger partial charge < -0.3 is 9.47 Å². The molecule has 0 fully saturated rings. The molecule has 0 atom stereocenters. The average molecular weight is 307 g/mol. The zero-order chi connectivity index (χ0) is 16.2. The summed E-state index contributed by atoms with van der Waals surface area (Å²) in [6.45, 7) is 7.26. The van der Waals surface area contributed by atoms with E-state index in [1.165, 1.54) is 5.56 Å². The molecule has 0 aliphatic carbocycles. The van der Waals surface area contributed by atoms with Crippen molar-refractivity contribution in [3.63, 3.8) is 0 Å². The number of hydrogen-bond acceptors (Lipinski definition) is 3. The predicted molar refractivity (Wildman–Crippen MR) is 93.1 cm³/mol. The Morgan fingerprint density at radius 1 is 0.957 bits per heavy atom. The van der Waals surface area contributed by atoms with Gasteiger partial charge in [0.05, 0.1) is 17.8 Å². The lowest BCUT2D eigenvalue weighted by Gasteiger charge is -2.17. The summed E-state index contributed by atoms with van der Waals surface area (Å²) in [6, 6.07) is 16.0. The van der Waals surface area contributed by atoms with Gasteiger partial charge in [-0.2, -0.15) is 0 Å². The van der Waals surface area contributed by atoms with Gasteiger partial charge in [0.1, 0.15) is 5.75 Å². The molecule has 0 N–H and O–H groups in total. The first-order valence-corrected chi connectivity index (χ1v) is 7.90. The minimum Gasteiger partial charge on any atom is -0.455 e. The van der Waals surface area contributed by atoms with E-state index in [0.717, 1.165) is 33.7 Å². The van der Waals surface area contributed by atoms with E-state index in [9.17, 15) is 0 Å². The van der Waals surface area contributed by atoms with E-state index < -0.39 is 0 Å². The van der Waals surface area contributed by atoms with Crippen LogP contribution in [0.15, 0.2) is 48.5 Å². The minimum absolute atomic E-state index is 0.517. The van der Waals surface area contributed by atoms with Crippen molar-refractivity contribution in [2.24, 2.45) is 0 Å². The molecule has 3 aromatic rings. The number of aryl methyl sites for hydroxylation is 2. The average Bonchev–Trinajstić information content (AvgIpc) is 2.56. The Morgan fingerprint density at radius 3 is 2.48 bits per heavy atom. The van der Waals surface area contributed by atoms with Crippen molar-refractivity contribution in [3.8, 4) is 11.5 Å². The standard InChI is InChI=1S/C20H21NO2/c1-4-22-13-17-19-14(2)9-8-12-18(19)21-15(3)20(17)23-16-10-6-5-7-11-16/h5-12H,4,13H2,1-3H3. The van der Waals surface area contributed by atoms with Crippen molar-refractivity contribution in [2.75, 3.05) is 6.61 Å². The molecule has 0 saturated heterocycles. The van der Waals surface area contributed by atoms with Crippen LogP contribution in [0.3, 0.4) is 0 Å². The molecule has 118 valence electrons. The van der Waals surface area contributed by atoms with Gasteiger partial charge in [0.15, 0.2) is 5.75 Å². The highest BCUT2D eigenvalue weighted by Gasteiger charge is 2.16. The predicted octanol–water partition coefficient (Wildman–Crippen LogP) is 5.18. The summed E-state index contributed by atoms with van der Waals surface area (Å²) in [4.78, 5) is 4.72. The van der Waals surface area contributed by atoms with Crippen LogP contribution in [-0.2, 0) is 11.3 Å². The van der Waals surface area contributed by atoms with Gasteiger partial charge in [-0.1, -0.05) is 30.3 Å². The monoisotopic (exact) mass is 307 g/mol. The van der Waals surface area contributed by atoms with Gasteiger partial charge >= 0.3 is 0 Å². The maximum atomic E-state index is 6.16. The number of fused-ring (bicyclic) bond motifs is 1. The van der Waals surface area contributed by atoms with Crippen molar-refractivity contribution in [1.29, 1.82) is 0 Å². The summed E-state index contributed by atoms with van der Waals surface area (Å²) in [7, 11) is 0. The van der Waals surface area contributed by atoms with E-state index in [1.54, 1.807) is 0 Å².